The Morgan fingerprint density at radius 2 is 2.11 bits per heavy atom. The highest BCUT2D eigenvalue weighted by Crippen LogP contribution is 2.46. The van der Waals surface area contributed by atoms with Gasteiger partial charge in [0.15, 0.2) is 11.5 Å². The van der Waals surface area contributed by atoms with E-state index in [0.29, 0.717) is 17.1 Å². The summed E-state index contributed by atoms with van der Waals surface area (Å²) in [6.07, 6.45) is 3.78. The standard InChI is InChI=1S/C25H20Cl2F4N4OS/c1-13(26)6-4-7-15(3)35-23(25(29,30)31)16(10-11-32-35)22-20(24-33-14(2)12-37-24)21(34-36-22)19-17(27)8-5-9-18(19)28/h4-7,9,11-12,17H,1,8,10H2,2-3H3. The van der Waals surface area contributed by atoms with E-state index < -0.39 is 23.1 Å². The molecule has 0 aromatic carbocycles. The van der Waals surface area contributed by atoms with Gasteiger partial charge in [-0.1, -0.05) is 35.5 Å². The molecule has 0 bridgehead atoms. The first-order valence-electron chi connectivity index (χ1n) is 10.9. The van der Waals surface area contributed by atoms with Crippen LogP contribution in [0.25, 0.3) is 21.7 Å². The topological polar surface area (TPSA) is 54.5 Å². The van der Waals surface area contributed by atoms with E-state index >= 15 is 0 Å². The maximum atomic E-state index is 14.9. The molecule has 5 nitrogen and oxygen atoms in total. The molecule has 1 aliphatic heterocycles. The maximum absolute atomic E-state index is 14.9. The van der Waals surface area contributed by atoms with Crippen molar-refractivity contribution in [2.45, 2.75) is 38.2 Å². The highest BCUT2D eigenvalue weighted by molar-refractivity contribution is 7.13. The zero-order chi connectivity index (χ0) is 26.9. The number of aryl methyl sites for hydroxylation is 1. The number of hydrogen-bond donors (Lipinski definition) is 0. The maximum Gasteiger partial charge on any atom is 0.433 e. The molecule has 1 aliphatic carbocycles. The van der Waals surface area contributed by atoms with Crippen molar-refractivity contribution < 1.29 is 22.1 Å². The molecule has 3 heterocycles. The normalized spacial score (nSPS) is 19.1. The summed E-state index contributed by atoms with van der Waals surface area (Å²) in [5.41, 5.74) is -0.267. The fourth-order valence-electron chi connectivity index (χ4n) is 3.87. The molecule has 2 aliphatic rings. The van der Waals surface area contributed by atoms with Crippen molar-refractivity contribution in [2.75, 3.05) is 0 Å². The van der Waals surface area contributed by atoms with Gasteiger partial charge in [0.2, 0.25) is 0 Å². The fraction of sp³-hybridized carbons (Fsp3) is 0.240. The van der Waals surface area contributed by atoms with Crippen LogP contribution in [-0.2, 0) is 0 Å². The number of hydrogen-bond acceptors (Lipinski definition) is 6. The number of aromatic nitrogens is 2. The molecule has 4 rings (SSSR count). The van der Waals surface area contributed by atoms with Crippen molar-refractivity contribution in [1.82, 2.24) is 15.1 Å². The number of allylic oxidation sites excluding steroid dienone is 11. The van der Waals surface area contributed by atoms with Gasteiger partial charge in [-0.05, 0) is 38.5 Å². The van der Waals surface area contributed by atoms with Crippen molar-refractivity contribution in [1.29, 1.82) is 0 Å². The largest absolute Gasteiger partial charge is 0.433 e. The van der Waals surface area contributed by atoms with E-state index in [0.717, 1.165) is 5.01 Å². The van der Waals surface area contributed by atoms with Crippen LogP contribution in [0.3, 0.4) is 0 Å². The molecular weight excluding hydrogens is 551 g/mol. The SMILES string of the molecule is C=C(Cl)C=CC=C(C)N1N=CCC(c2onc(C3=C(F)C=CCC3Cl)c2-c2nc(C)cs2)=C1C(F)(F)F. The van der Waals surface area contributed by atoms with Gasteiger partial charge in [0.1, 0.15) is 16.5 Å². The Kier molecular flexibility index (Phi) is 7.91. The highest BCUT2D eigenvalue weighted by Gasteiger charge is 2.44. The quantitative estimate of drug-likeness (QED) is 0.198. The first-order chi connectivity index (χ1) is 17.5. The minimum Gasteiger partial charge on any atom is -0.355 e. The van der Waals surface area contributed by atoms with E-state index in [2.05, 4.69) is 21.8 Å². The fourth-order valence-corrected chi connectivity index (χ4v) is 5.10. The lowest BCUT2D eigenvalue weighted by Gasteiger charge is -2.29. The Bertz CT molecular complexity index is 1410. The van der Waals surface area contributed by atoms with Gasteiger partial charge in [0, 0.05) is 45.6 Å². The van der Waals surface area contributed by atoms with Crippen LogP contribution >= 0.6 is 34.5 Å². The van der Waals surface area contributed by atoms with Gasteiger partial charge in [-0.3, -0.25) is 0 Å². The molecule has 0 spiro atoms. The number of hydrazone groups is 1. The van der Waals surface area contributed by atoms with Gasteiger partial charge in [0.25, 0.3) is 0 Å². The van der Waals surface area contributed by atoms with Gasteiger partial charge in [-0.25, -0.2) is 14.4 Å². The van der Waals surface area contributed by atoms with Crippen LogP contribution in [-0.4, -0.2) is 32.9 Å². The number of thiazole rings is 1. The predicted molar refractivity (Wildman–Crippen MR) is 140 cm³/mol. The van der Waals surface area contributed by atoms with Crippen molar-refractivity contribution in [3.05, 3.63) is 81.7 Å². The predicted octanol–water partition coefficient (Wildman–Crippen LogP) is 8.53. The Hall–Kier alpha value is -2.95. The van der Waals surface area contributed by atoms with Crippen LogP contribution in [0.5, 0.6) is 0 Å². The molecule has 0 radical (unpaired) electrons. The molecule has 1 unspecified atom stereocenters. The van der Waals surface area contributed by atoms with Crippen molar-refractivity contribution in [3.8, 4) is 10.6 Å². The molecule has 0 N–H and O–H groups in total. The summed E-state index contributed by atoms with van der Waals surface area (Å²) >= 11 is 13.3. The van der Waals surface area contributed by atoms with E-state index in [9.17, 15) is 17.6 Å². The molecule has 37 heavy (non-hydrogen) atoms. The van der Waals surface area contributed by atoms with Gasteiger partial charge in [0.05, 0.1) is 10.9 Å². The molecule has 194 valence electrons. The molecule has 0 fully saturated rings. The minimum atomic E-state index is -4.82. The third-order valence-electron chi connectivity index (χ3n) is 5.44. The first kappa shape index (κ1) is 27.1. The Labute approximate surface area is 224 Å². The summed E-state index contributed by atoms with van der Waals surface area (Å²) in [6.45, 7) is 6.72. The lowest BCUT2D eigenvalue weighted by Crippen LogP contribution is -2.30. The molecule has 1 atom stereocenters. The molecule has 12 heteroatoms. The van der Waals surface area contributed by atoms with Gasteiger partial charge < -0.3 is 4.52 Å². The molecule has 0 saturated heterocycles. The lowest BCUT2D eigenvalue weighted by molar-refractivity contribution is -0.108. The van der Waals surface area contributed by atoms with Gasteiger partial charge >= 0.3 is 6.18 Å². The first-order valence-corrected chi connectivity index (χ1v) is 12.6. The summed E-state index contributed by atoms with van der Waals surface area (Å²) in [6, 6.07) is 0. The van der Waals surface area contributed by atoms with Crippen LogP contribution in [0.2, 0.25) is 0 Å². The Balaban J connectivity index is 1.97. The number of alkyl halides is 4. The van der Waals surface area contributed by atoms with Gasteiger partial charge in [-0.15, -0.1) is 22.9 Å². The van der Waals surface area contributed by atoms with E-state index in [1.807, 2.05) is 0 Å². The molecule has 0 amide bonds. The second kappa shape index (κ2) is 10.8. The molecule has 2 aromatic rings. The zero-order valence-corrected chi connectivity index (χ0v) is 21.9. The molecular formula is C25H20Cl2F4N4OS. The number of rotatable bonds is 6. The van der Waals surface area contributed by atoms with E-state index in [4.69, 9.17) is 27.7 Å². The lowest BCUT2D eigenvalue weighted by atomic mass is 9.94. The third kappa shape index (κ3) is 5.66. The van der Waals surface area contributed by atoms with Crippen molar-refractivity contribution in [2.24, 2.45) is 5.10 Å². The van der Waals surface area contributed by atoms with Crippen LogP contribution in [0.4, 0.5) is 17.6 Å². The van der Waals surface area contributed by atoms with Crippen molar-refractivity contribution >= 4 is 51.9 Å². The average Bonchev–Trinajstić information content (AvgIpc) is 3.43. The second-order valence-electron chi connectivity index (χ2n) is 8.15. The molecule has 0 saturated carbocycles. The summed E-state index contributed by atoms with van der Waals surface area (Å²) in [5.74, 6) is -0.812. The zero-order valence-electron chi connectivity index (χ0n) is 19.6. The van der Waals surface area contributed by atoms with Crippen LogP contribution < -0.4 is 0 Å². The smallest absolute Gasteiger partial charge is 0.355 e. The van der Waals surface area contributed by atoms with Gasteiger partial charge in [-0.2, -0.15) is 18.3 Å². The van der Waals surface area contributed by atoms with Crippen LogP contribution in [0.1, 0.15) is 36.9 Å². The van der Waals surface area contributed by atoms with Crippen molar-refractivity contribution in [3.63, 3.8) is 0 Å². The average molecular weight is 571 g/mol. The number of halogens is 6. The summed E-state index contributed by atoms with van der Waals surface area (Å²) in [7, 11) is 0. The second-order valence-corrected chi connectivity index (χ2v) is 10.0. The van der Waals surface area contributed by atoms with E-state index in [-0.39, 0.29) is 45.3 Å². The Morgan fingerprint density at radius 1 is 1.35 bits per heavy atom. The van der Waals surface area contributed by atoms with E-state index in [1.165, 1.54) is 48.8 Å². The highest BCUT2D eigenvalue weighted by atomic mass is 35.5. The summed E-state index contributed by atoms with van der Waals surface area (Å²) < 4.78 is 64.0. The Morgan fingerprint density at radius 3 is 2.73 bits per heavy atom. The monoisotopic (exact) mass is 570 g/mol. The third-order valence-corrected chi connectivity index (χ3v) is 6.94. The summed E-state index contributed by atoms with van der Waals surface area (Å²) in [5, 5.41) is 10.3. The van der Waals surface area contributed by atoms with Crippen LogP contribution in [0, 0.1) is 6.92 Å². The van der Waals surface area contributed by atoms with Crippen LogP contribution in [0.15, 0.2) is 74.2 Å². The minimum absolute atomic E-state index is 0.0186. The summed E-state index contributed by atoms with van der Waals surface area (Å²) in [4.78, 5) is 4.43. The molecule has 2 aromatic heterocycles. The number of nitrogens with zero attached hydrogens (tertiary/aromatic N) is 4. The van der Waals surface area contributed by atoms with E-state index in [1.54, 1.807) is 18.4 Å².